The largest absolute Gasteiger partial charge is 0.353 e. The topological polar surface area (TPSA) is 127 Å². The van der Waals surface area contributed by atoms with E-state index in [9.17, 15) is 27.3 Å². The van der Waals surface area contributed by atoms with Crippen LogP contribution in [0.15, 0.2) is 29.2 Å². The van der Waals surface area contributed by atoms with Crippen molar-refractivity contribution in [1.82, 2.24) is 0 Å². The van der Waals surface area contributed by atoms with Gasteiger partial charge in [-0.05, 0) is 26.0 Å². The fourth-order valence-corrected chi connectivity index (χ4v) is 8.38. The Bertz CT molecular complexity index is 820. The monoisotopic (exact) mass is 456 g/mol. The summed E-state index contributed by atoms with van der Waals surface area (Å²) in [7, 11) is -12.4. The van der Waals surface area contributed by atoms with Crippen LogP contribution in [0.3, 0.4) is 0 Å². The second kappa shape index (κ2) is 9.52. The van der Waals surface area contributed by atoms with Gasteiger partial charge in [0.2, 0.25) is 20.3 Å². The van der Waals surface area contributed by atoms with Crippen molar-refractivity contribution in [3.8, 4) is 0 Å². The molecule has 0 aliphatic rings. The van der Waals surface area contributed by atoms with Crippen LogP contribution in [0.4, 0.5) is 0 Å². The molecule has 3 unspecified atom stereocenters. The number of hydrogen-bond acceptors (Lipinski definition) is 6. The highest BCUT2D eigenvalue weighted by Crippen LogP contribution is 2.68. The Morgan fingerprint density at radius 3 is 1.75 bits per heavy atom. The van der Waals surface area contributed by atoms with E-state index in [1.54, 1.807) is 12.1 Å². The van der Waals surface area contributed by atoms with Crippen molar-refractivity contribution < 1.29 is 36.3 Å². The predicted octanol–water partition coefficient (Wildman–Crippen LogP) is 3.75. The van der Waals surface area contributed by atoms with E-state index in [1.165, 1.54) is 46.8 Å². The fourth-order valence-electron chi connectivity index (χ4n) is 2.13. The molecule has 0 amide bonds. The average molecular weight is 456 g/mol. The Labute approximate surface area is 167 Å². The van der Waals surface area contributed by atoms with Crippen LogP contribution in [-0.2, 0) is 28.2 Å². The van der Waals surface area contributed by atoms with Gasteiger partial charge >= 0.3 is 0 Å². The standard InChI is InChI=1S/C17H30O8P2S/c1-12(2)26(18,19)17(27(20,21)13(3)4)25-15(6)11-24-28(22,23)16-9-7-14(5)8-10-16/h7-10,12-13,15,17H,11H2,1-6H3,(H,18,19)(H,20,21). The lowest BCUT2D eigenvalue weighted by Crippen LogP contribution is -2.29. The van der Waals surface area contributed by atoms with E-state index < -0.39 is 54.5 Å². The zero-order valence-corrected chi connectivity index (χ0v) is 19.6. The summed E-state index contributed by atoms with van der Waals surface area (Å²) in [5.41, 5.74) is -2.54. The molecule has 162 valence electrons. The summed E-state index contributed by atoms with van der Waals surface area (Å²) < 4.78 is 60.3. The van der Waals surface area contributed by atoms with Crippen LogP contribution in [0.2, 0.25) is 0 Å². The molecule has 0 aromatic heterocycles. The van der Waals surface area contributed by atoms with E-state index in [4.69, 9.17) is 8.92 Å². The lowest BCUT2D eigenvalue weighted by molar-refractivity contribution is 0.0344. The van der Waals surface area contributed by atoms with E-state index in [0.717, 1.165) is 5.56 Å². The van der Waals surface area contributed by atoms with E-state index in [0.29, 0.717) is 0 Å². The first-order chi connectivity index (χ1) is 12.6. The second-order valence-corrected chi connectivity index (χ2v) is 15.1. The van der Waals surface area contributed by atoms with Gasteiger partial charge in [-0.3, -0.25) is 13.3 Å². The molecule has 0 saturated heterocycles. The van der Waals surface area contributed by atoms with Crippen molar-refractivity contribution in [2.45, 2.75) is 69.4 Å². The molecule has 0 saturated carbocycles. The molecule has 0 heterocycles. The zero-order valence-electron chi connectivity index (χ0n) is 17.0. The van der Waals surface area contributed by atoms with Crippen LogP contribution in [0.25, 0.3) is 0 Å². The lowest BCUT2D eigenvalue weighted by atomic mass is 10.2. The summed E-state index contributed by atoms with van der Waals surface area (Å²) in [4.78, 5) is 20.7. The molecule has 0 bridgehead atoms. The Morgan fingerprint density at radius 1 is 0.929 bits per heavy atom. The van der Waals surface area contributed by atoms with Gasteiger partial charge in [0.05, 0.1) is 17.6 Å². The Morgan fingerprint density at radius 2 is 1.36 bits per heavy atom. The molecule has 3 atom stereocenters. The Hall–Kier alpha value is -0.530. The van der Waals surface area contributed by atoms with Crippen LogP contribution in [0.1, 0.15) is 40.2 Å². The summed E-state index contributed by atoms with van der Waals surface area (Å²) in [6, 6.07) is 6.06. The minimum absolute atomic E-state index is 0.0353. The zero-order chi connectivity index (χ0) is 21.9. The van der Waals surface area contributed by atoms with Crippen molar-refractivity contribution in [3.05, 3.63) is 29.8 Å². The normalized spacial score (nSPS) is 19.2. The molecule has 28 heavy (non-hydrogen) atoms. The summed E-state index contributed by atoms with van der Waals surface area (Å²) in [6.07, 6.45) is -1.01. The summed E-state index contributed by atoms with van der Waals surface area (Å²) in [6.45, 7) is 8.60. The molecule has 2 N–H and O–H groups in total. The SMILES string of the molecule is Cc1ccc(S(=O)(=O)OCC(C)OC(P(=O)(O)C(C)C)P(=O)(O)C(C)C)cc1. The van der Waals surface area contributed by atoms with E-state index >= 15 is 0 Å². The van der Waals surface area contributed by atoms with Crippen molar-refractivity contribution >= 4 is 24.9 Å². The molecule has 11 heteroatoms. The first kappa shape index (κ1) is 25.5. The van der Waals surface area contributed by atoms with E-state index in [1.807, 2.05) is 6.92 Å². The van der Waals surface area contributed by atoms with Gasteiger partial charge in [0, 0.05) is 11.3 Å². The molecule has 0 radical (unpaired) electrons. The van der Waals surface area contributed by atoms with Gasteiger partial charge in [-0.25, -0.2) is 0 Å². The predicted molar refractivity (Wildman–Crippen MR) is 109 cm³/mol. The van der Waals surface area contributed by atoms with E-state index in [2.05, 4.69) is 0 Å². The first-order valence-electron chi connectivity index (χ1n) is 8.88. The van der Waals surface area contributed by atoms with Crippen molar-refractivity contribution in [3.63, 3.8) is 0 Å². The summed E-state index contributed by atoms with van der Waals surface area (Å²) >= 11 is 0. The van der Waals surface area contributed by atoms with Crippen molar-refractivity contribution in [2.75, 3.05) is 6.61 Å². The van der Waals surface area contributed by atoms with Crippen LogP contribution < -0.4 is 0 Å². The third-order valence-corrected chi connectivity index (χ3v) is 12.0. The minimum Gasteiger partial charge on any atom is -0.353 e. The summed E-state index contributed by atoms with van der Waals surface area (Å²) in [5.74, 6) is 0. The highest BCUT2D eigenvalue weighted by Gasteiger charge is 2.49. The fraction of sp³-hybridized carbons (Fsp3) is 0.647. The molecular weight excluding hydrogens is 426 g/mol. The minimum atomic E-state index is -4.17. The number of rotatable bonds is 10. The second-order valence-electron chi connectivity index (χ2n) is 7.36. The molecule has 0 aliphatic carbocycles. The van der Waals surface area contributed by atoms with Gasteiger partial charge in [0.25, 0.3) is 10.1 Å². The number of hydrogen-bond donors (Lipinski definition) is 2. The molecule has 0 spiro atoms. The van der Waals surface area contributed by atoms with Gasteiger partial charge in [0.15, 0.2) is 0 Å². The highest BCUT2D eigenvalue weighted by molar-refractivity contribution is 7.86. The number of aryl methyl sites for hydroxylation is 1. The number of ether oxygens (including phenoxy) is 1. The molecule has 0 aliphatic heterocycles. The maximum atomic E-state index is 12.7. The smallest absolute Gasteiger partial charge is 0.297 e. The van der Waals surface area contributed by atoms with Gasteiger partial charge in [0.1, 0.15) is 0 Å². The van der Waals surface area contributed by atoms with Crippen LogP contribution in [0.5, 0.6) is 0 Å². The van der Waals surface area contributed by atoms with Crippen LogP contribution in [-0.4, -0.2) is 47.8 Å². The molecule has 1 aromatic rings. The first-order valence-corrected chi connectivity index (χ1v) is 13.9. The summed E-state index contributed by atoms with van der Waals surface area (Å²) in [5, 5.41) is 0. The molecule has 8 nitrogen and oxygen atoms in total. The highest BCUT2D eigenvalue weighted by atomic mass is 32.2. The van der Waals surface area contributed by atoms with Gasteiger partial charge in [-0.15, -0.1) is 0 Å². The van der Waals surface area contributed by atoms with Crippen molar-refractivity contribution in [1.29, 1.82) is 0 Å². The van der Waals surface area contributed by atoms with Gasteiger partial charge in [-0.2, -0.15) is 8.42 Å². The van der Waals surface area contributed by atoms with Crippen molar-refractivity contribution in [2.24, 2.45) is 0 Å². The number of benzene rings is 1. The van der Waals surface area contributed by atoms with Crippen LogP contribution >= 0.6 is 14.7 Å². The maximum Gasteiger partial charge on any atom is 0.297 e. The lowest BCUT2D eigenvalue weighted by Gasteiger charge is -2.33. The molecule has 0 fully saturated rings. The third-order valence-electron chi connectivity index (χ3n) is 4.23. The van der Waals surface area contributed by atoms with E-state index in [-0.39, 0.29) is 4.90 Å². The van der Waals surface area contributed by atoms with Crippen LogP contribution in [0, 0.1) is 6.92 Å². The average Bonchev–Trinajstić information content (AvgIpc) is 2.57. The molecule has 1 aromatic carbocycles. The molecule has 1 rings (SSSR count). The Balaban J connectivity index is 2.97. The molecular formula is C17H30O8P2S. The maximum absolute atomic E-state index is 12.7. The quantitative estimate of drug-likeness (QED) is 0.403. The van der Waals surface area contributed by atoms with Gasteiger partial charge < -0.3 is 14.5 Å². The third kappa shape index (κ3) is 6.23. The Kier molecular flexibility index (Phi) is 8.67. The van der Waals surface area contributed by atoms with Gasteiger partial charge in [-0.1, -0.05) is 45.4 Å².